The van der Waals surface area contributed by atoms with Crippen molar-refractivity contribution in [3.63, 3.8) is 0 Å². The first kappa shape index (κ1) is 22.2. The highest BCUT2D eigenvalue weighted by Crippen LogP contribution is 2.70. The van der Waals surface area contributed by atoms with Crippen LogP contribution in [-0.2, 0) is 16.4 Å². The number of amides is 1. The fourth-order valence-electron chi connectivity index (χ4n) is 6.77. The van der Waals surface area contributed by atoms with E-state index in [0.717, 1.165) is 37.0 Å². The molecule has 4 fully saturated rings. The molecule has 0 spiro atoms. The summed E-state index contributed by atoms with van der Waals surface area (Å²) in [5, 5.41) is 19.1. The van der Waals surface area contributed by atoms with Crippen molar-refractivity contribution in [2.45, 2.75) is 66.7 Å². The van der Waals surface area contributed by atoms with Gasteiger partial charge in [-0.3, -0.25) is 4.79 Å². The predicted molar refractivity (Wildman–Crippen MR) is 124 cm³/mol. The van der Waals surface area contributed by atoms with E-state index in [9.17, 15) is 13.2 Å². The summed E-state index contributed by atoms with van der Waals surface area (Å²) >= 11 is 0. The van der Waals surface area contributed by atoms with Crippen LogP contribution in [0.3, 0.4) is 0 Å². The number of benzene rings is 1. The third-order valence-electron chi connectivity index (χ3n) is 8.48. The Morgan fingerprint density at radius 3 is 2.50 bits per heavy atom. The molecule has 8 nitrogen and oxygen atoms in total. The van der Waals surface area contributed by atoms with E-state index >= 15 is 0 Å². The lowest BCUT2D eigenvalue weighted by Crippen LogP contribution is -2.73. The minimum atomic E-state index is -3.40. The van der Waals surface area contributed by atoms with E-state index in [1.165, 1.54) is 0 Å². The average Bonchev–Trinajstić information content (AvgIpc) is 3.52. The Hall–Kier alpha value is -2.23. The van der Waals surface area contributed by atoms with Crippen molar-refractivity contribution in [2.75, 3.05) is 13.2 Å². The van der Waals surface area contributed by atoms with E-state index in [1.54, 1.807) is 18.2 Å². The number of nitrogens with one attached hydrogen (secondary N) is 2. The fourth-order valence-corrected chi connectivity index (χ4v) is 9.35. The summed E-state index contributed by atoms with van der Waals surface area (Å²) in [5.41, 5.74) is 1.34. The molecule has 4 saturated carbocycles. The molecular formula is C25H31N3O5S. The molecule has 0 radical (unpaired) electrons. The van der Waals surface area contributed by atoms with E-state index in [4.69, 9.17) is 9.63 Å². The zero-order chi connectivity index (χ0) is 23.5. The molecule has 3 N–H and O–H groups in total. The summed E-state index contributed by atoms with van der Waals surface area (Å²) < 4.78 is 31.8. The lowest BCUT2D eigenvalue weighted by molar-refractivity contribution is -0.106. The van der Waals surface area contributed by atoms with Gasteiger partial charge in [0, 0.05) is 31.1 Å². The molecule has 182 valence electrons. The van der Waals surface area contributed by atoms with Gasteiger partial charge < -0.3 is 20.3 Å². The van der Waals surface area contributed by atoms with Crippen LogP contribution in [0.1, 0.15) is 66.3 Å². The van der Waals surface area contributed by atoms with Gasteiger partial charge >= 0.3 is 0 Å². The van der Waals surface area contributed by atoms with Gasteiger partial charge in [-0.15, -0.1) is 0 Å². The van der Waals surface area contributed by atoms with Crippen LogP contribution in [-0.4, -0.2) is 48.5 Å². The van der Waals surface area contributed by atoms with Crippen LogP contribution >= 0.6 is 0 Å². The largest absolute Gasteiger partial charge is 0.395 e. The first-order valence-corrected chi connectivity index (χ1v) is 13.8. The van der Waals surface area contributed by atoms with E-state index in [2.05, 4.69) is 15.8 Å². The maximum Gasteiger partial charge on any atom is 0.273 e. The Morgan fingerprint density at radius 1 is 1.15 bits per heavy atom. The quantitative estimate of drug-likeness (QED) is 0.466. The van der Waals surface area contributed by atoms with Crippen LogP contribution in [0.4, 0.5) is 0 Å². The summed E-state index contributed by atoms with van der Waals surface area (Å²) in [4.78, 5) is 13.1. The van der Waals surface area contributed by atoms with Gasteiger partial charge in [0.15, 0.2) is 15.5 Å². The Morgan fingerprint density at radius 2 is 1.85 bits per heavy atom. The second kappa shape index (κ2) is 8.17. The lowest BCUT2D eigenvalue weighted by Gasteiger charge is -2.69. The number of nitrogens with zero attached hydrogens (tertiary/aromatic N) is 1. The number of aliphatic hydroxyl groups is 1. The van der Waals surface area contributed by atoms with Crippen LogP contribution in [0.25, 0.3) is 0 Å². The highest BCUT2D eigenvalue weighted by Gasteiger charge is 2.72. The fraction of sp³-hybridized carbons (Fsp3) is 0.600. The first-order valence-electron chi connectivity index (χ1n) is 12.3. The molecule has 1 amide bonds. The van der Waals surface area contributed by atoms with Crippen LogP contribution in [0, 0.1) is 17.8 Å². The minimum Gasteiger partial charge on any atom is -0.395 e. The Labute approximate surface area is 199 Å². The molecule has 5 atom stereocenters. The standard InChI is InChI=1S/C25H31N3O5S/c29-8-7-26-14-15-1-5-20(6-2-15)34(31,32)25-12-17-9-19(10-18(13-25)23(17)25)27-24(30)21-11-22(33-28-21)16-3-4-16/h1-2,5-6,11,16-19,23,26,29H,3-4,7-10,12-14H2,(H,27,30)/t17-,18+,19?,23?,25?. The van der Waals surface area contributed by atoms with Gasteiger partial charge in [-0.05, 0) is 74.0 Å². The summed E-state index contributed by atoms with van der Waals surface area (Å²) in [7, 11) is -3.40. The summed E-state index contributed by atoms with van der Waals surface area (Å²) in [6, 6.07) is 8.97. The van der Waals surface area contributed by atoms with E-state index in [0.29, 0.717) is 54.3 Å². The van der Waals surface area contributed by atoms with E-state index < -0.39 is 14.6 Å². The molecule has 0 aliphatic heterocycles. The maximum absolute atomic E-state index is 13.6. The van der Waals surface area contributed by atoms with Gasteiger partial charge in [-0.2, -0.15) is 0 Å². The summed E-state index contributed by atoms with van der Waals surface area (Å²) in [6.07, 6.45) is 5.21. The number of hydrogen-bond acceptors (Lipinski definition) is 7. The van der Waals surface area contributed by atoms with Crippen LogP contribution in [0.15, 0.2) is 39.8 Å². The number of carbonyl (C=O) groups is 1. The predicted octanol–water partition coefficient (Wildman–Crippen LogP) is 2.39. The third kappa shape index (κ3) is 3.51. The molecule has 1 aromatic heterocycles. The zero-order valence-electron chi connectivity index (χ0n) is 19.1. The molecule has 0 bridgehead atoms. The second-order valence-corrected chi connectivity index (χ2v) is 12.9. The maximum atomic E-state index is 13.6. The van der Waals surface area contributed by atoms with Crippen molar-refractivity contribution in [3.8, 4) is 0 Å². The molecule has 4 aliphatic carbocycles. The molecule has 1 heterocycles. The third-order valence-corrected chi connectivity index (χ3v) is 11.0. The van der Waals surface area contributed by atoms with Crippen LogP contribution in [0.2, 0.25) is 0 Å². The second-order valence-electron chi connectivity index (χ2n) is 10.6. The van der Waals surface area contributed by atoms with Crippen molar-refractivity contribution in [1.82, 2.24) is 15.8 Å². The van der Waals surface area contributed by atoms with Crippen LogP contribution in [0.5, 0.6) is 0 Å². The van der Waals surface area contributed by atoms with Gasteiger partial charge in [0.2, 0.25) is 0 Å². The monoisotopic (exact) mass is 485 g/mol. The molecular weight excluding hydrogens is 454 g/mol. The van der Waals surface area contributed by atoms with Crippen molar-refractivity contribution < 1.29 is 22.8 Å². The van der Waals surface area contributed by atoms with Gasteiger partial charge in [0.1, 0.15) is 5.76 Å². The van der Waals surface area contributed by atoms with E-state index in [-0.39, 0.29) is 24.5 Å². The van der Waals surface area contributed by atoms with Crippen molar-refractivity contribution in [2.24, 2.45) is 17.8 Å². The minimum absolute atomic E-state index is 0.0616. The van der Waals surface area contributed by atoms with Gasteiger partial charge in [0.05, 0.1) is 16.2 Å². The number of aliphatic hydroxyl groups excluding tert-OH is 1. The number of sulfone groups is 1. The van der Waals surface area contributed by atoms with E-state index in [1.807, 2.05) is 12.1 Å². The molecule has 4 aliphatic rings. The molecule has 2 aromatic rings. The molecule has 1 aromatic carbocycles. The van der Waals surface area contributed by atoms with Crippen molar-refractivity contribution >= 4 is 15.7 Å². The molecule has 34 heavy (non-hydrogen) atoms. The van der Waals surface area contributed by atoms with Gasteiger partial charge in [0.25, 0.3) is 5.91 Å². The number of hydrogen-bond donors (Lipinski definition) is 3. The highest BCUT2D eigenvalue weighted by molar-refractivity contribution is 7.93. The smallest absolute Gasteiger partial charge is 0.273 e. The van der Waals surface area contributed by atoms with Crippen molar-refractivity contribution in [1.29, 1.82) is 0 Å². The SMILES string of the molecule is O=C(NC1C[C@@H]2CC3(S(=O)(=O)c4ccc(CNCCO)cc4)C[C@H](C1)C23)c1cc(C2CC2)on1. The molecule has 0 saturated heterocycles. The number of aromatic nitrogens is 1. The van der Waals surface area contributed by atoms with Gasteiger partial charge in [-0.1, -0.05) is 17.3 Å². The topological polar surface area (TPSA) is 122 Å². The highest BCUT2D eigenvalue weighted by atomic mass is 32.2. The molecule has 3 unspecified atom stereocenters. The first-order chi connectivity index (χ1) is 16.4. The van der Waals surface area contributed by atoms with Gasteiger partial charge in [-0.25, -0.2) is 8.42 Å². The van der Waals surface area contributed by atoms with Crippen molar-refractivity contribution in [3.05, 3.63) is 47.3 Å². The lowest BCUT2D eigenvalue weighted by atomic mass is 9.42. The average molecular weight is 486 g/mol. The summed E-state index contributed by atoms with van der Waals surface area (Å²) in [6.45, 7) is 1.18. The Bertz CT molecular complexity index is 1170. The normalized spacial score (nSPS) is 31.8. The summed E-state index contributed by atoms with van der Waals surface area (Å²) in [5.74, 6) is 1.91. The molecule has 9 heteroatoms. The number of carbonyl (C=O) groups excluding carboxylic acids is 1. The van der Waals surface area contributed by atoms with Crippen LogP contribution < -0.4 is 10.6 Å². The Kier molecular flexibility index (Phi) is 5.35. The number of rotatable bonds is 9. The zero-order valence-corrected chi connectivity index (χ0v) is 19.9. The molecule has 6 rings (SSSR count). The Balaban J connectivity index is 1.08.